The number of amides is 1. The van der Waals surface area contributed by atoms with Gasteiger partial charge in [-0.25, -0.2) is 22.0 Å². The smallest absolute Gasteiger partial charge is 0.291 e. The van der Waals surface area contributed by atoms with Crippen LogP contribution >= 0.6 is 0 Å². The Balaban J connectivity index is 1.41. The van der Waals surface area contributed by atoms with E-state index in [1.165, 1.54) is 12.1 Å². The van der Waals surface area contributed by atoms with Crippen molar-refractivity contribution < 1.29 is 35.9 Å². The molecule has 0 aliphatic carbocycles. The maximum absolute atomic E-state index is 13.8. The van der Waals surface area contributed by atoms with E-state index < -0.39 is 46.4 Å². The van der Waals surface area contributed by atoms with Crippen LogP contribution in [0.25, 0.3) is 0 Å². The molecular weight excluding hydrogens is 481 g/mol. The molecule has 4 rings (SSSR count). The Kier molecular flexibility index (Phi) is 6.83. The minimum atomic E-state index is -2.32. The van der Waals surface area contributed by atoms with E-state index in [1.54, 1.807) is 17.4 Å². The third kappa shape index (κ3) is 4.82. The molecule has 36 heavy (non-hydrogen) atoms. The second-order valence-electron chi connectivity index (χ2n) is 8.47. The predicted molar refractivity (Wildman–Crippen MR) is 122 cm³/mol. The van der Waals surface area contributed by atoms with Gasteiger partial charge < -0.3 is 14.5 Å². The maximum atomic E-state index is 13.8. The maximum Gasteiger partial charge on any atom is 0.291 e. The molecule has 1 amide bonds. The zero-order chi connectivity index (χ0) is 26.0. The van der Waals surface area contributed by atoms with Crippen molar-refractivity contribution >= 4 is 11.6 Å². The van der Waals surface area contributed by atoms with Crippen molar-refractivity contribution in [1.29, 1.82) is 0 Å². The summed E-state index contributed by atoms with van der Waals surface area (Å²) in [7, 11) is 0. The average molecular weight is 501 g/mol. The van der Waals surface area contributed by atoms with Crippen LogP contribution in [0.2, 0.25) is 0 Å². The molecule has 0 saturated carbocycles. The molecule has 4 nitrogen and oxygen atoms in total. The van der Waals surface area contributed by atoms with Gasteiger partial charge in [0.2, 0.25) is 5.82 Å². The highest BCUT2D eigenvalue weighted by atomic mass is 19.2. The molecule has 0 atom stereocenters. The van der Waals surface area contributed by atoms with Crippen LogP contribution in [-0.2, 0) is 12.0 Å². The molecule has 0 aliphatic heterocycles. The lowest BCUT2D eigenvalue weighted by molar-refractivity contribution is 0.0991. The number of furan rings is 1. The second-order valence-corrected chi connectivity index (χ2v) is 8.47. The summed E-state index contributed by atoms with van der Waals surface area (Å²) in [6, 6.07) is 20.1. The van der Waals surface area contributed by atoms with Gasteiger partial charge in [0.15, 0.2) is 29.0 Å². The van der Waals surface area contributed by atoms with Crippen LogP contribution in [0, 0.1) is 29.1 Å². The summed E-state index contributed by atoms with van der Waals surface area (Å²) >= 11 is 0. The Morgan fingerprint density at radius 3 is 1.94 bits per heavy atom. The van der Waals surface area contributed by atoms with Crippen molar-refractivity contribution in [2.45, 2.75) is 25.9 Å². The molecule has 0 bridgehead atoms. The van der Waals surface area contributed by atoms with Crippen LogP contribution in [0.1, 0.15) is 41.3 Å². The van der Waals surface area contributed by atoms with Crippen molar-refractivity contribution in [1.82, 2.24) is 0 Å². The second kappa shape index (κ2) is 9.85. The number of hydrogen-bond donors (Lipinski definition) is 1. The Bertz CT molecular complexity index is 1370. The molecular formula is C27H20F5NO3. The van der Waals surface area contributed by atoms with Gasteiger partial charge in [-0.3, -0.25) is 4.79 Å². The fourth-order valence-electron chi connectivity index (χ4n) is 3.61. The highest BCUT2D eigenvalue weighted by molar-refractivity contribution is 6.02. The van der Waals surface area contributed by atoms with Crippen molar-refractivity contribution in [3.05, 3.63) is 118 Å². The Labute approximate surface area is 203 Å². The third-order valence-electron chi connectivity index (χ3n) is 5.79. The minimum Gasteiger partial charge on any atom is -0.486 e. The molecule has 1 N–H and O–H groups in total. The lowest BCUT2D eigenvalue weighted by Gasteiger charge is -2.26. The summed E-state index contributed by atoms with van der Waals surface area (Å²) in [5, 5.41) is 1.65. The number of rotatable bonds is 7. The zero-order valence-electron chi connectivity index (χ0n) is 19.2. The van der Waals surface area contributed by atoms with Crippen molar-refractivity contribution in [2.24, 2.45) is 0 Å². The number of nitrogens with one attached hydrogen (secondary N) is 1. The van der Waals surface area contributed by atoms with E-state index in [0.29, 0.717) is 5.75 Å². The van der Waals surface area contributed by atoms with Gasteiger partial charge in [-0.2, -0.15) is 0 Å². The average Bonchev–Trinajstić information content (AvgIpc) is 3.37. The Hall–Kier alpha value is -4.14. The Morgan fingerprint density at radius 2 is 1.33 bits per heavy atom. The minimum absolute atomic E-state index is 0.0722. The number of anilines is 1. The van der Waals surface area contributed by atoms with Crippen LogP contribution in [0.5, 0.6) is 5.75 Å². The topological polar surface area (TPSA) is 51.5 Å². The molecule has 0 saturated heterocycles. The van der Waals surface area contributed by atoms with Crippen LogP contribution < -0.4 is 10.1 Å². The molecule has 1 aromatic heterocycles. The van der Waals surface area contributed by atoms with E-state index >= 15 is 0 Å². The lowest BCUT2D eigenvalue weighted by atomic mass is 9.78. The number of hydrogen-bond acceptors (Lipinski definition) is 3. The van der Waals surface area contributed by atoms with Crippen LogP contribution in [0.4, 0.5) is 27.6 Å². The fraction of sp³-hybridized carbons (Fsp3) is 0.148. The summed E-state index contributed by atoms with van der Waals surface area (Å²) in [5.41, 5.74) is 0.541. The first-order valence-corrected chi connectivity index (χ1v) is 10.8. The Morgan fingerprint density at radius 1 is 0.778 bits per heavy atom. The fourth-order valence-corrected chi connectivity index (χ4v) is 3.61. The first kappa shape index (κ1) is 25.0. The monoisotopic (exact) mass is 501 g/mol. The standard InChI is InChI=1S/C27H20F5NO3/c1-27(2,15-6-4-3-5-7-15)16-8-10-17(11-9-16)35-14-18-12-13-19(36-18)26(34)33-25-23(31)21(29)20(28)22(30)24(25)32/h3-13H,14H2,1-2H3,(H,33,34). The van der Waals surface area contributed by atoms with E-state index in [4.69, 9.17) is 9.15 Å². The highest BCUT2D eigenvalue weighted by Gasteiger charge is 2.28. The summed E-state index contributed by atoms with van der Waals surface area (Å²) in [4.78, 5) is 12.2. The normalized spacial score (nSPS) is 11.4. The van der Waals surface area contributed by atoms with Crippen LogP contribution in [0.15, 0.2) is 71.1 Å². The van der Waals surface area contributed by atoms with Crippen molar-refractivity contribution in [2.75, 3.05) is 5.32 Å². The molecule has 0 aliphatic rings. The van der Waals surface area contributed by atoms with E-state index in [9.17, 15) is 26.7 Å². The van der Waals surface area contributed by atoms with Gasteiger partial charge in [-0.15, -0.1) is 0 Å². The summed E-state index contributed by atoms with van der Waals surface area (Å²) in [6.07, 6.45) is 0. The molecule has 1 heterocycles. The summed E-state index contributed by atoms with van der Waals surface area (Å²) < 4.78 is 78.4. The molecule has 0 fully saturated rings. The van der Waals surface area contributed by atoms with Crippen molar-refractivity contribution in [3.8, 4) is 5.75 Å². The van der Waals surface area contributed by atoms with Crippen molar-refractivity contribution in [3.63, 3.8) is 0 Å². The SMILES string of the molecule is CC(C)(c1ccccc1)c1ccc(OCc2ccc(C(=O)Nc3c(F)c(F)c(F)c(F)c3F)o2)cc1. The highest BCUT2D eigenvalue weighted by Crippen LogP contribution is 2.32. The van der Waals surface area contributed by atoms with E-state index in [0.717, 1.165) is 11.1 Å². The van der Waals surface area contributed by atoms with Gasteiger partial charge in [0, 0.05) is 5.41 Å². The summed E-state index contributed by atoms with van der Waals surface area (Å²) in [5.74, 6) is -11.8. The first-order chi connectivity index (χ1) is 17.1. The molecule has 4 aromatic rings. The predicted octanol–water partition coefficient (Wildman–Crippen LogP) is 7.13. The van der Waals surface area contributed by atoms with Crippen LogP contribution in [-0.4, -0.2) is 5.91 Å². The molecule has 0 spiro atoms. The lowest BCUT2D eigenvalue weighted by Crippen LogP contribution is -2.18. The number of benzene rings is 3. The quantitative estimate of drug-likeness (QED) is 0.167. The van der Waals surface area contributed by atoms with Gasteiger partial charge in [0.05, 0.1) is 0 Å². The van der Waals surface area contributed by atoms with Gasteiger partial charge in [-0.1, -0.05) is 56.3 Å². The van der Waals surface area contributed by atoms with E-state index in [1.807, 2.05) is 30.3 Å². The molecule has 0 unspecified atom stereocenters. The summed E-state index contributed by atoms with van der Waals surface area (Å²) in [6.45, 7) is 4.15. The number of carbonyl (C=O) groups is 1. The number of halogens is 5. The molecule has 9 heteroatoms. The van der Waals surface area contributed by atoms with Gasteiger partial charge >= 0.3 is 0 Å². The largest absolute Gasteiger partial charge is 0.486 e. The molecule has 186 valence electrons. The van der Waals surface area contributed by atoms with E-state index in [-0.39, 0.29) is 17.8 Å². The first-order valence-electron chi connectivity index (χ1n) is 10.8. The van der Waals surface area contributed by atoms with E-state index in [2.05, 4.69) is 26.0 Å². The third-order valence-corrected chi connectivity index (χ3v) is 5.79. The van der Waals surface area contributed by atoms with Gasteiger partial charge in [0.1, 0.15) is 23.8 Å². The number of carbonyl (C=O) groups excluding carboxylic acids is 1. The zero-order valence-corrected chi connectivity index (χ0v) is 19.2. The molecule has 3 aromatic carbocycles. The molecule has 0 radical (unpaired) electrons. The van der Waals surface area contributed by atoms with Crippen LogP contribution in [0.3, 0.4) is 0 Å². The number of ether oxygens (including phenoxy) is 1. The van der Waals surface area contributed by atoms with Gasteiger partial charge in [0.25, 0.3) is 5.91 Å². The van der Waals surface area contributed by atoms with Gasteiger partial charge in [-0.05, 0) is 35.4 Å².